The van der Waals surface area contributed by atoms with E-state index in [9.17, 15) is 15.0 Å². The van der Waals surface area contributed by atoms with Crippen LogP contribution in [0.2, 0.25) is 0 Å². The normalized spacial score (nSPS) is 10.6. The van der Waals surface area contributed by atoms with Crippen LogP contribution in [0.15, 0.2) is 35.7 Å². The van der Waals surface area contributed by atoms with Crippen molar-refractivity contribution in [3.8, 4) is 5.75 Å². The zero-order chi connectivity index (χ0) is 18.2. The number of hydrogen-bond donors (Lipinski definition) is 2. The van der Waals surface area contributed by atoms with E-state index >= 15 is 0 Å². The standard InChI is InChI=1S/C19H23NO3S2/c1-2-3-4-5-6-11-20(18(24)17-8-7-12-25-17)14-9-10-16(21)15(13-14)19(22)23/h7-10,12-13,21H,2-6,11H2,1H3,(H,22,23). The summed E-state index contributed by atoms with van der Waals surface area (Å²) in [5.41, 5.74) is 0.589. The summed E-state index contributed by atoms with van der Waals surface area (Å²) in [7, 11) is 0. The Morgan fingerprint density at radius 3 is 2.60 bits per heavy atom. The number of carboxylic acid groups (broad SMARTS) is 1. The number of aromatic carboxylic acids is 1. The number of aromatic hydroxyl groups is 1. The van der Waals surface area contributed by atoms with Gasteiger partial charge in [0.2, 0.25) is 0 Å². The highest BCUT2D eigenvalue weighted by Gasteiger charge is 2.18. The third kappa shape index (κ3) is 5.28. The molecule has 6 heteroatoms. The van der Waals surface area contributed by atoms with Gasteiger partial charge in [-0.05, 0) is 36.1 Å². The van der Waals surface area contributed by atoms with E-state index in [0.29, 0.717) is 10.7 Å². The van der Waals surface area contributed by atoms with Crippen molar-refractivity contribution in [2.75, 3.05) is 11.4 Å². The molecule has 0 fully saturated rings. The Labute approximate surface area is 157 Å². The van der Waals surface area contributed by atoms with Gasteiger partial charge in [0.15, 0.2) is 0 Å². The summed E-state index contributed by atoms with van der Waals surface area (Å²) in [6, 6.07) is 8.54. The zero-order valence-electron chi connectivity index (χ0n) is 14.3. The van der Waals surface area contributed by atoms with Crippen molar-refractivity contribution >= 4 is 40.2 Å². The molecule has 1 aromatic carbocycles. The van der Waals surface area contributed by atoms with E-state index in [1.165, 1.54) is 31.4 Å². The molecular weight excluding hydrogens is 354 g/mol. The topological polar surface area (TPSA) is 60.8 Å². The van der Waals surface area contributed by atoms with Crippen molar-refractivity contribution < 1.29 is 15.0 Å². The van der Waals surface area contributed by atoms with Gasteiger partial charge >= 0.3 is 5.97 Å². The van der Waals surface area contributed by atoms with Crippen LogP contribution in [0.4, 0.5) is 5.69 Å². The van der Waals surface area contributed by atoms with E-state index in [1.54, 1.807) is 17.4 Å². The molecular formula is C19H23NO3S2. The fourth-order valence-electron chi connectivity index (χ4n) is 2.62. The molecule has 0 atom stereocenters. The van der Waals surface area contributed by atoms with Gasteiger partial charge in [-0.2, -0.15) is 0 Å². The summed E-state index contributed by atoms with van der Waals surface area (Å²) >= 11 is 7.21. The van der Waals surface area contributed by atoms with Crippen LogP contribution in [0.3, 0.4) is 0 Å². The number of carbonyl (C=O) groups is 1. The minimum Gasteiger partial charge on any atom is -0.507 e. The van der Waals surface area contributed by atoms with Gasteiger partial charge in [0.05, 0.1) is 4.88 Å². The molecule has 0 aliphatic carbocycles. The number of thiocarbonyl (C=S) groups is 1. The highest BCUT2D eigenvalue weighted by atomic mass is 32.1. The molecule has 0 aliphatic heterocycles. The van der Waals surface area contributed by atoms with Crippen molar-refractivity contribution in [3.05, 3.63) is 46.2 Å². The van der Waals surface area contributed by atoms with Gasteiger partial charge < -0.3 is 15.1 Å². The van der Waals surface area contributed by atoms with Gasteiger partial charge in [-0.15, -0.1) is 11.3 Å². The van der Waals surface area contributed by atoms with Crippen molar-refractivity contribution in [1.82, 2.24) is 0 Å². The second kappa shape index (κ2) is 9.53. The van der Waals surface area contributed by atoms with Crippen LogP contribution < -0.4 is 4.90 Å². The number of anilines is 1. The van der Waals surface area contributed by atoms with E-state index in [4.69, 9.17) is 12.2 Å². The van der Waals surface area contributed by atoms with Gasteiger partial charge in [-0.1, -0.05) is 50.9 Å². The lowest BCUT2D eigenvalue weighted by molar-refractivity contribution is 0.0694. The van der Waals surface area contributed by atoms with Crippen LogP contribution in [0.25, 0.3) is 0 Å². The van der Waals surface area contributed by atoms with Gasteiger partial charge in [-0.25, -0.2) is 4.79 Å². The Hall–Kier alpha value is -1.92. The Balaban J connectivity index is 2.23. The van der Waals surface area contributed by atoms with Gasteiger partial charge in [0.1, 0.15) is 16.3 Å². The monoisotopic (exact) mass is 377 g/mol. The van der Waals surface area contributed by atoms with Crippen molar-refractivity contribution in [2.45, 2.75) is 39.0 Å². The van der Waals surface area contributed by atoms with Crippen molar-refractivity contribution in [1.29, 1.82) is 0 Å². The minimum absolute atomic E-state index is 0.109. The molecule has 0 bridgehead atoms. The van der Waals surface area contributed by atoms with Gasteiger partial charge in [0.25, 0.3) is 0 Å². The van der Waals surface area contributed by atoms with Crippen LogP contribution >= 0.6 is 23.6 Å². The Bertz CT molecular complexity index is 713. The molecule has 1 aromatic heterocycles. The highest BCUT2D eigenvalue weighted by molar-refractivity contribution is 7.81. The maximum absolute atomic E-state index is 11.3. The molecule has 2 aromatic rings. The molecule has 25 heavy (non-hydrogen) atoms. The summed E-state index contributed by atoms with van der Waals surface area (Å²) in [4.78, 5) is 15.0. The fourth-order valence-corrected chi connectivity index (χ4v) is 3.70. The van der Waals surface area contributed by atoms with Crippen LogP contribution in [0.1, 0.15) is 54.3 Å². The Morgan fingerprint density at radius 2 is 1.96 bits per heavy atom. The maximum Gasteiger partial charge on any atom is 0.339 e. The molecule has 0 unspecified atom stereocenters. The van der Waals surface area contributed by atoms with Crippen LogP contribution in [-0.4, -0.2) is 27.7 Å². The maximum atomic E-state index is 11.3. The molecule has 0 spiro atoms. The summed E-state index contributed by atoms with van der Waals surface area (Å²) in [6.07, 6.45) is 5.69. The minimum atomic E-state index is -1.15. The molecule has 2 N–H and O–H groups in total. The van der Waals surface area contributed by atoms with Crippen molar-refractivity contribution in [2.24, 2.45) is 0 Å². The number of rotatable bonds is 9. The van der Waals surface area contributed by atoms with Crippen LogP contribution in [0, 0.1) is 0 Å². The summed E-state index contributed by atoms with van der Waals surface area (Å²) in [5.74, 6) is -1.38. The van der Waals surface area contributed by atoms with Crippen LogP contribution in [-0.2, 0) is 0 Å². The lowest BCUT2D eigenvalue weighted by Crippen LogP contribution is -2.30. The predicted octanol–water partition coefficient (Wildman–Crippen LogP) is 5.30. The summed E-state index contributed by atoms with van der Waals surface area (Å²) in [6.45, 7) is 2.91. The summed E-state index contributed by atoms with van der Waals surface area (Å²) < 4.78 is 0. The second-order valence-corrected chi connectivity index (χ2v) is 7.19. The first kappa shape index (κ1) is 19.4. The first-order valence-corrected chi connectivity index (χ1v) is 9.75. The van der Waals surface area contributed by atoms with Gasteiger partial charge in [0, 0.05) is 12.2 Å². The number of nitrogens with zero attached hydrogens (tertiary/aromatic N) is 1. The third-order valence-electron chi connectivity index (χ3n) is 3.98. The molecule has 2 rings (SSSR count). The first-order valence-electron chi connectivity index (χ1n) is 8.46. The second-order valence-electron chi connectivity index (χ2n) is 5.85. The molecule has 0 aliphatic rings. The Morgan fingerprint density at radius 1 is 1.20 bits per heavy atom. The lowest BCUT2D eigenvalue weighted by atomic mass is 10.1. The van der Waals surface area contributed by atoms with E-state index in [0.717, 1.165) is 24.3 Å². The largest absolute Gasteiger partial charge is 0.507 e. The first-order chi connectivity index (χ1) is 12.0. The number of benzene rings is 1. The summed E-state index contributed by atoms with van der Waals surface area (Å²) in [5, 5.41) is 21.0. The Kier molecular flexibility index (Phi) is 7.40. The number of phenols is 1. The number of carboxylic acids is 1. The predicted molar refractivity (Wildman–Crippen MR) is 107 cm³/mol. The smallest absolute Gasteiger partial charge is 0.339 e. The molecule has 0 saturated carbocycles. The lowest BCUT2D eigenvalue weighted by Gasteiger charge is -2.25. The fraction of sp³-hybridized carbons (Fsp3) is 0.368. The zero-order valence-corrected chi connectivity index (χ0v) is 15.9. The molecule has 0 radical (unpaired) electrons. The SMILES string of the molecule is CCCCCCCN(C(=S)c1cccs1)c1ccc(O)c(C(=O)O)c1. The van der Waals surface area contributed by atoms with Crippen LogP contribution in [0.5, 0.6) is 5.75 Å². The molecule has 0 saturated heterocycles. The molecule has 134 valence electrons. The molecule has 0 amide bonds. The van der Waals surface area contributed by atoms with E-state index in [1.807, 2.05) is 22.4 Å². The van der Waals surface area contributed by atoms with Crippen molar-refractivity contribution in [3.63, 3.8) is 0 Å². The number of thiophene rings is 1. The highest BCUT2D eigenvalue weighted by Crippen LogP contribution is 2.27. The molecule has 4 nitrogen and oxygen atoms in total. The van der Waals surface area contributed by atoms with E-state index < -0.39 is 5.97 Å². The van der Waals surface area contributed by atoms with E-state index in [2.05, 4.69) is 6.92 Å². The average Bonchev–Trinajstić information content (AvgIpc) is 3.13. The molecule has 1 heterocycles. The van der Waals surface area contributed by atoms with E-state index in [-0.39, 0.29) is 11.3 Å². The number of unbranched alkanes of at least 4 members (excludes halogenated alkanes) is 4. The third-order valence-corrected chi connectivity index (χ3v) is 5.43. The quantitative estimate of drug-likeness (QED) is 0.458. The number of hydrogen-bond acceptors (Lipinski definition) is 4. The average molecular weight is 378 g/mol. The van der Waals surface area contributed by atoms with Gasteiger partial charge in [-0.3, -0.25) is 0 Å².